The summed E-state index contributed by atoms with van der Waals surface area (Å²) in [4.78, 5) is 24.3. The number of fused-ring (bicyclic) bond motifs is 2. The standard InChI is InChI=1S/C24H16ClN5O/c25-18-10-11-21-19(13-18)22(15-6-2-1-3-7-15)29-24(28-21)30-26-14-17-12-16-8-4-5-9-20(16)27-23(17)31/h1-14H,(H,27,31)(H,28,29,30)/b26-14-. The van der Waals surface area contributed by atoms with Gasteiger partial charge in [-0.15, -0.1) is 0 Å². The van der Waals surface area contributed by atoms with Gasteiger partial charge in [0.15, 0.2) is 0 Å². The Kier molecular flexibility index (Phi) is 4.90. The van der Waals surface area contributed by atoms with E-state index in [-0.39, 0.29) is 5.56 Å². The number of halogens is 1. The van der Waals surface area contributed by atoms with E-state index >= 15 is 0 Å². The fourth-order valence-electron chi connectivity index (χ4n) is 3.39. The van der Waals surface area contributed by atoms with Crippen LogP contribution < -0.4 is 11.0 Å². The van der Waals surface area contributed by atoms with Crippen molar-refractivity contribution in [1.29, 1.82) is 0 Å². The van der Waals surface area contributed by atoms with Gasteiger partial charge in [-0.2, -0.15) is 5.10 Å². The second-order valence-electron chi connectivity index (χ2n) is 6.93. The maximum atomic E-state index is 12.3. The van der Waals surface area contributed by atoms with Crippen molar-refractivity contribution < 1.29 is 0 Å². The second kappa shape index (κ2) is 8.01. The van der Waals surface area contributed by atoms with E-state index in [2.05, 4.69) is 25.5 Å². The summed E-state index contributed by atoms with van der Waals surface area (Å²) in [6.45, 7) is 0. The molecule has 0 aliphatic heterocycles. The molecule has 2 heterocycles. The first-order chi connectivity index (χ1) is 15.2. The molecule has 0 aliphatic rings. The summed E-state index contributed by atoms with van der Waals surface area (Å²) >= 11 is 6.20. The molecule has 7 heteroatoms. The Balaban J connectivity index is 1.52. The van der Waals surface area contributed by atoms with Crippen molar-refractivity contribution in [2.75, 3.05) is 5.43 Å². The summed E-state index contributed by atoms with van der Waals surface area (Å²) in [7, 11) is 0. The second-order valence-corrected chi connectivity index (χ2v) is 7.37. The van der Waals surface area contributed by atoms with Crippen molar-refractivity contribution in [1.82, 2.24) is 15.0 Å². The Bertz CT molecular complexity index is 1500. The number of aromatic nitrogens is 3. The summed E-state index contributed by atoms with van der Waals surface area (Å²) in [6.07, 6.45) is 1.46. The normalized spacial score (nSPS) is 11.4. The number of H-pyrrole nitrogens is 1. The quantitative estimate of drug-likeness (QED) is 0.305. The largest absolute Gasteiger partial charge is 0.321 e. The topological polar surface area (TPSA) is 83.0 Å². The van der Waals surface area contributed by atoms with Gasteiger partial charge >= 0.3 is 0 Å². The van der Waals surface area contributed by atoms with Crippen molar-refractivity contribution in [3.8, 4) is 11.3 Å². The smallest absolute Gasteiger partial charge is 0.257 e. The number of aromatic amines is 1. The summed E-state index contributed by atoms with van der Waals surface area (Å²) < 4.78 is 0. The maximum Gasteiger partial charge on any atom is 0.257 e. The first kappa shape index (κ1) is 19.0. The van der Waals surface area contributed by atoms with Crippen LogP contribution in [-0.4, -0.2) is 21.2 Å². The molecule has 0 fully saturated rings. The van der Waals surface area contributed by atoms with Gasteiger partial charge in [-0.05, 0) is 35.7 Å². The van der Waals surface area contributed by atoms with Crippen molar-refractivity contribution in [2.24, 2.45) is 5.10 Å². The summed E-state index contributed by atoms with van der Waals surface area (Å²) in [5.74, 6) is 0.321. The van der Waals surface area contributed by atoms with E-state index in [0.717, 1.165) is 33.1 Å². The predicted molar refractivity (Wildman–Crippen MR) is 126 cm³/mol. The molecule has 3 aromatic carbocycles. The number of nitrogens with one attached hydrogen (secondary N) is 2. The lowest BCUT2D eigenvalue weighted by molar-refractivity contribution is 1.15. The van der Waals surface area contributed by atoms with Gasteiger partial charge in [0.1, 0.15) is 0 Å². The molecule has 2 aromatic heterocycles. The molecule has 0 spiro atoms. The predicted octanol–water partition coefficient (Wildman–Crippen LogP) is 5.24. The number of hydrazone groups is 1. The highest BCUT2D eigenvalue weighted by atomic mass is 35.5. The molecule has 0 radical (unpaired) electrons. The maximum absolute atomic E-state index is 12.3. The van der Waals surface area contributed by atoms with Crippen LogP contribution in [0, 0.1) is 0 Å². The third kappa shape index (κ3) is 3.89. The Morgan fingerprint density at radius 1 is 0.935 bits per heavy atom. The number of hydrogen-bond acceptors (Lipinski definition) is 5. The molecule has 0 unspecified atom stereocenters. The molecule has 2 N–H and O–H groups in total. The number of hydrogen-bond donors (Lipinski definition) is 2. The molecule has 5 rings (SSSR count). The van der Waals surface area contributed by atoms with Gasteiger partial charge in [0, 0.05) is 21.5 Å². The lowest BCUT2D eigenvalue weighted by Gasteiger charge is -2.09. The number of para-hydroxylation sites is 1. The van der Waals surface area contributed by atoms with Gasteiger partial charge < -0.3 is 4.98 Å². The van der Waals surface area contributed by atoms with Crippen molar-refractivity contribution in [3.63, 3.8) is 0 Å². The van der Waals surface area contributed by atoms with E-state index in [1.807, 2.05) is 66.7 Å². The van der Waals surface area contributed by atoms with Gasteiger partial charge in [-0.3, -0.25) is 4.79 Å². The van der Waals surface area contributed by atoms with Crippen LogP contribution in [0.2, 0.25) is 5.02 Å². The van der Waals surface area contributed by atoms with Gasteiger partial charge in [-0.25, -0.2) is 15.4 Å². The fourth-order valence-corrected chi connectivity index (χ4v) is 3.56. The summed E-state index contributed by atoms with van der Waals surface area (Å²) in [5, 5.41) is 6.58. The average Bonchev–Trinajstić information content (AvgIpc) is 2.79. The van der Waals surface area contributed by atoms with Crippen LogP contribution in [0.3, 0.4) is 0 Å². The highest BCUT2D eigenvalue weighted by molar-refractivity contribution is 6.31. The lowest BCUT2D eigenvalue weighted by atomic mass is 10.1. The Labute approximate surface area is 182 Å². The average molecular weight is 426 g/mol. The zero-order valence-corrected chi connectivity index (χ0v) is 17.0. The van der Waals surface area contributed by atoms with Crippen LogP contribution in [0.5, 0.6) is 0 Å². The van der Waals surface area contributed by atoms with Crippen LogP contribution in [-0.2, 0) is 0 Å². The highest BCUT2D eigenvalue weighted by Gasteiger charge is 2.10. The minimum Gasteiger partial charge on any atom is -0.321 e. The third-order valence-corrected chi connectivity index (χ3v) is 5.09. The van der Waals surface area contributed by atoms with E-state index in [4.69, 9.17) is 11.6 Å². The van der Waals surface area contributed by atoms with Gasteiger partial charge in [0.2, 0.25) is 5.95 Å². The minimum absolute atomic E-state index is 0.219. The molecule has 0 saturated heterocycles. The van der Waals surface area contributed by atoms with E-state index < -0.39 is 0 Å². The van der Waals surface area contributed by atoms with Gasteiger partial charge in [-0.1, -0.05) is 60.1 Å². The monoisotopic (exact) mass is 425 g/mol. The van der Waals surface area contributed by atoms with Crippen LogP contribution in [0.4, 0.5) is 5.95 Å². The first-order valence-corrected chi connectivity index (χ1v) is 9.99. The Morgan fingerprint density at radius 3 is 2.61 bits per heavy atom. The molecular formula is C24H16ClN5O. The number of benzene rings is 3. The number of nitrogens with zero attached hydrogens (tertiary/aromatic N) is 3. The van der Waals surface area contributed by atoms with Gasteiger partial charge in [0.05, 0.1) is 23.0 Å². The highest BCUT2D eigenvalue weighted by Crippen LogP contribution is 2.29. The number of rotatable bonds is 4. The number of pyridine rings is 1. The fraction of sp³-hybridized carbons (Fsp3) is 0. The SMILES string of the molecule is O=c1[nH]c2ccccc2cc1/C=N\Nc1nc(-c2ccccc2)c2cc(Cl)ccc2n1. The summed E-state index contributed by atoms with van der Waals surface area (Å²) in [5.41, 5.74) is 6.26. The molecule has 6 nitrogen and oxygen atoms in total. The zero-order valence-electron chi connectivity index (χ0n) is 16.2. The van der Waals surface area contributed by atoms with E-state index in [1.54, 1.807) is 12.1 Å². The van der Waals surface area contributed by atoms with E-state index in [1.165, 1.54) is 6.21 Å². The zero-order chi connectivity index (χ0) is 21.2. The van der Waals surface area contributed by atoms with Crippen molar-refractivity contribution in [2.45, 2.75) is 0 Å². The molecule has 0 amide bonds. The molecule has 5 aromatic rings. The lowest BCUT2D eigenvalue weighted by Crippen LogP contribution is -2.12. The van der Waals surface area contributed by atoms with Crippen molar-refractivity contribution >= 4 is 45.6 Å². The van der Waals surface area contributed by atoms with E-state index in [0.29, 0.717) is 16.5 Å². The minimum atomic E-state index is -0.219. The van der Waals surface area contributed by atoms with Crippen LogP contribution in [0.1, 0.15) is 5.56 Å². The summed E-state index contributed by atoms with van der Waals surface area (Å²) in [6, 6.07) is 24.6. The van der Waals surface area contributed by atoms with Gasteiger partial charge in [0.25, 0.3) is 5.56 Å². The molecule has 150 valence electrons. The first-order valence-electron chi connectivity index (χ1n) is 9.61. The van der Waals surface area contributed by atoms with E-state index in [9.17, 15) is 4.79 Å². The molecule has 0 saturated carbocycles. The van der Waals surface area contributed by atoms with Crippen molar-refractivity contribution in [3.05, 3.63) is 99.8 Å². The molecule has 0 bridgehead atoms. The Hall–Kier alpha value is -4.03. The Morgan fingerprint density at radius 2 is 1.74 bits per heavy atom. The van der Waals surface area contributed by atoms with Crippen LogP contribution >= 0.6 is 11.6 Å². The van der Waals surface area contributed by atoms with Crippen LogP contribution in [0.15, 0.2) is 88.8 Å². The molecule has 31 heavy (non-hydrogen) atoms. The molecule has 0 aliphatic carbocycles. The number of anilines is 1. The van der Waals surface area contributed by atoms with Crippen LogP contribution in [0.25, 0.3) is 33.1 Å². The molecule has 0 atom stereocenters. The molecular weight excluding hydrogens is 410 g/mol. The third-order valence-electron chi connectivity index (χ3n) is 4.86.